The van der Waals surface area contributed by atoms with Crippen molar-refractivity contribution in [1.82, 2.24) is 9.80 Å². The Morgan fingerprint density at radius 1 is 1.25 bits per heavy atom. The molecule has 0 unspecified atom stereocenters. The molecule has 0 saturated carbocycles. The van der Waals surface area contributed by atoms with Gasteiger partial charge in [-0.2, -0.15) is 0 Å². The summed E-state index contributed by atoms with van der Waals surface area (Å²) in [7, 11) is 5.04. The largest absolute Gasteiger partial charge is 0.399 e. The van der Waals surface area contributed by atoms with Gasteiger partial charge in [-0.3, -0.25) is 14.5 Å². The van der Waals surface area contributed by atoms with Crippen LogP contribution in [0.15, 0.2) is 18.2 Å². The highest BCUT2D eigenvalue weighted by atomic mass is 35.5. The van der Waals surface area contributed by atoms with Crippen LogP contribution in [0.1, 0.15) is 0 Å². The lowest BCUT2D eigenvalue weighted by atomic mass is 10.3. The number of carbonyl (C=O) groups excluding carboxylic acids is 2. The molecule has 0 fully saturated rings. The lowest BCUT2D eigenvalue weighted by Crippen LogP contribution is -2.38. The van der Waals surface area contributed by atoms with Crippen LogP contribution in [-0.4, -0.2) is 55.8 Å². The van der Waals surface area contributed by atoms with Gasteiger partial charge in [-0.05, 0) is 25.2 Å². The predicted molar refractivity (Wildman–Crippen MR) is 80.7 cm³/mol. The van der Waals surface area contributed by atoms with Crippen molar-refractivity contribution in [3.63, 3.8) is 0 Å². The summed E-state index contributed by atoms with van der Waals surface area (Å²) in [6.07, 6.45) is 0. The quantitative estimate of drug-likeness (QED) is 0.791. The van der Waals surface area contributed by atoms with E-state index in [-0.39, 0.29) is 24.9 Å². The van der Waals surface area contributed by atoms with Gasteiger partial charge in [0, 0.05) is 19.8 Å². The minimum Gasteiger partial charge on any atom is -0.399 e. The third kappa shape index (κ3) is 5.07. The van der Waals surface area contributed by atoms with Crippen molar-refractivity contribution >= 4 is 34.8 Å². The molecule has 0 aliphatic rings. The first-order valence-corrected chi connectivity index (χ1v) is 6.41. The number of hydrogen-bond acceptors (Lipinski definition) is 4. The molecule has 0 atom stereocenters. The summed E-state index contributed by atoms with van der Waals surface area (Å²) in [5.74, 6) is -0.309. The zero-order chi connectivity index (χ0) is 15.3. The fourth-order valence-electron chi connectivity index (χ4n) is 1.50. The first-order chi connectivity index (χ1) is 9.29. The van der Waals surface area contributed by atoms with Gasteiger partial charge in [-0.25, -0.2) is 0 Å². The highest BCUT2D eigenvalue weighted by Gasteiger charge is 2.13. The summed E-state index contributed by atoms with van der Waals surface area (Å²) in [6.45, 7) is 0.274. The maximum absolute atomic E-state index is 11.8. The molecular weight excluding hydrogens is 280 g/mol. The van der Waals surface area contributed by atoms with Crippen LogP contribution in [0.2, 0.25) is 5.02 Å². The molecule has 1 rings (SSSR count). The highest BCUT2D eigenvalue weighted by Crippen LogP contribution is 2.23. The van der Waals surface area contributed by atoms with E-state index < -0.39 is 0 Å². The van der Waals surface area contributed by atoms with Gasteiger partial charge in [-0.15, -0.1) is 0 Å². The van der Waals surface area contributed by atoms with Gasteiger partial charge in [0.15, 0.2) is 0 Å². The molecule has 7 heteroatoms. The van der Waals surface area contributed by atoms with E-state index in [0.717, 1.165) is 0 Å². The summed E-state index contributed by atoms with van der Waals surface area (Å²) in [4.78, 5) is 26.5. The highest BCUT2D eigenvalue weighted by molar-refractivity contribution is 6.34. The molecule has 0 spiro atoms. The van der Waals surface area contributed by atoms with Gasteiger partial charge < -0.3 is 16.0 Å². The summed E-state index contributed by atoms with van der Waals surface area (Å²) in [5, 5.41) is 3.06. The molecule has 0 saturated heterocycles. The maximum atomic E-state index is 11.8. The van der Waals surface area contributed by atoms with Gasteiger partial charge >= 0.3 is 0 Å². The minimum absolute atomic E-state index is 0.0641. The minimum atomic E-state index is -0.245. The fraction of sp³-hybridized carbons (Fsp3) is 0.385. The maximum Gasteiger partial charge on any atom is 0.238 e. The number of benzene rings is 1. The van der Waals surface area contributed by atoms with Crippen molar-refractivity contribution in [2.75, 3.05) is 45.3 Å². The Morgan fingerprint density at radius 2 is 1.90 bits per heavy atom. The summed E-state index contributed by atoms with van der Waals surface area (Å²) in [6, 6.07) is 4.86. The van der Waals surface area contributed by atoms with E-state index >= 15 is 0 Å². The molecule has 0 aromatic heterocycles. The lowest BCUT2D eigenvalue weighted by molar-refractivity contribution is -0.130. The molecule has 0 bridgehead atoms. The van der Waals surface area contributed by atoms with Gasteiger partial charge in [0.05, 0.1) is 23.8 Å². The van der Waals surface area contributed by atoms with Gasteiger partial charge in [0.25, 0.3) is 0 Å². The molecule has 1 aromatic carbocycles. The van der Waals surface area contributed by atoms with Crippen molar-refractivity contribution in [2.24, 2.45) is 0 Å². The Kier molecular flexibility index (Phi) is 5.79. The Labute approximate surface area is 123 Å². The van der Waals surface area contributed by atoms with Crippen LogP contribution in [0.25, 0.3) is 0 Å². The average Bonchev–Trinajstić information content (AvgIpc) is 2.32. The molecular formula is C13H19ClN4O2. The summed E-state index contributed by atoms with van der Waals surface area (Å²) >= 11 is 5.97. The molecule has 1 aromatic rings. The van der Waals surface area contributed by atoms with Crippen molar-refractivity contribution in [3.8, 4) is 0 Å². The number of carbonyl (C=O) groups is 2. The van der Waals surface area contributed by atoms with Crippen LogP contribution in [0, 0.1) is 0 Å². The van der Waals surface area contributed by atoms with Crippen LogP contribution < -0.4 is 11.1 Å². The van der Waals surface area contributed by atoms with Crippen LogP contribution in [-0.2, 0) is 9.59 Å². The second-order valence-corrected chi connectivity index (χ2v) is 5.16. The van der Waals surface area contributed by atoms with Gasteiger partial charge in [-0.1, -0.05) is 11.6 Å². The summed E-state index contributed by atoms with van der Waals surface area (Å²) in [5.41, 5.74) is 6.60. The number of rotatable bonds is 5. The van der Waals surface area contributed by atoms with Gasteiger partial charge in [0.2, 0.25) is 11.8 Å². The van der Waals surface area contributed by atoms with E-state index in [1.807, 2.05) is 0 Å². The van der Waals surface area contributed by atoms with Crippen LogP contribution in [0.4, 0.5) is 11.4 Å². The molecule has 110 valence electrons. The van der Waals surface area contributed by atoms with E-state index in [1.54, 1.807) is 44.2 Å². The average molecular weight is 299 g/mol. The smallest absolute Gasteiger partial charge is 0.238 e. The number of hydrogen-bond donors (Lipinski definition) is 2. The number of anilines is 2. The molecule has 0 radical (unpaired) electrons. The van der Waals surface area contributed by atoms with Crippen molar-refractivity contribution < 1.29 is 9.59 Å². The molecule has 0 heterocycles. The van der Waals surface area contributed by atoms with Crippen molar-refractivity contribution in [3.05, 3.63) is 23.2 Å². The van der Waals surface area contributed by atoms with Crippen LogP contribution >= 0.6 is 11.6 Å². The summed E-state index contributed by atoms with van der Waals surface area (Å²) < 4.78 is 0. The first kappa shape index (κ1) is 16.3. The van der Waals surface area contributed by atoms with E-state index in [4.69, 9.17) is 17.3 Å². The molecule has 6 nitrogen and oxygen atoms in total. The van der Waals surface area contributed by atoms with E-state index in [2.05, 4.69) is 5.32 Å². The zero-order valence-electron chi connectivity index (χ0n) is 11.8. The van der Waals surface area contributed by atoms with Crippen molar-refractivity contribution in [2.45, 2.75) is 0 Å². The Balaban J connectivity index is 2.53. The third-order valence-corrected chi connectivity index (χ3v) is 2.90. The van der Waals surface area contributed by atoms with Gasteiger partial charge in [0.1, 0.15) is 0 Å². The Hall–Kier alpha value is -1.79. The second-order valence-electron chi connectivity index (χ2n) is 4.75. The molecule has 2 amide bonds. The van der Waals surface area contributed by atoms with E-state index in [0.29, 0.717) is 16.4 Å². The number of nitrogens with one attached hydrogen (secondary N) is 1. The molecule has 3 N–H and O–H groups in total. The topological polar surface area (TPSA) is 78.7 Å². The number of amides is 2. The Bertz CT molecular complexity index is 505. The molecule has 20 heavy (non-hydrogen) atoms. The number of likely N-dealkylation sites (N-methyl/N-ethyl adjacent to an activating group) is 2. The first-order valence-electron chi connectivity index (χ1n) is 6.03. The number of nitrogens with two attached hydrogens (primary N) is 1. The number of nitrogen functional groups attached to an aromatic ring is 1. The SMILES string of the molecule is CN(CC(=O)Nc1ccc(N)cc1Cl)CC(=O)N(C)C. The standard InChI is InChI=1S/C13H19ClN4O2/c1-17(2)13(20)8-18(3)7-12(19)16-11-5-4-9(15)6-10(11)14/h4-6H,7-8,15H2,1-3H3,(H,16,19). The fourth-order valence-corrected chi connectivity index (χ4v) is 1.73. The third-order valence-electron chi connectivity index (χ3n) is 2.58. The van der Waals surface area contributed by atoms with E-state index in [1.165, 1.54) is 4.90 Å². The predicted octanol–water partition coefficient (Wildman–Crippen LogP) is 0.881. The van der Waals surface area contributed by atoms with Crippen LogP contribution in [0.5, 0.6) is 0 Å². The number of nitrogens with zero attached hydrogens (tertiary/aromatic N) is 2. The van der Waals surface area contributed by atoms with E-state index in [9.17, 15) is 9.59 Å². The Morgan fingerprint density at radius 3 is 2.45 bits per heavy atom. The zero-order valence-corrected chi connectivity index (χ0v) is 12.6. The molecule has 0 aliphatic carbocycles. The normalized spacial score (nSPS) is 10.4. The lowest BCUT2D eigenvalue weighted by Gasteiger charge is -2.18. The second kappa shape index (κ2) is 7.12. The van der Waals surface area contributed by atoms with Crippen molar-refractivity contribution in [1.29, 1.82) is 0 Å². The molecule has 0 aliphatic heterocycles. The number of halogens is 1. The monoisotopic (exact) mass is 298 g/mol. The van der Waals surface area contributed by atoms with Crippen LogP contribution in [0.3, 0.4) is 0 Å².